The first kappa shape index (κ1) is 16.4. The molecule has 0 amide bonds. The molecule has 0 N–H and O–H groups in total. The van der Waals surface area contributed by atoms with E-state index in [4.69, 9.17) is 21.3 Å². The first-order chi connectivity index (χ1) is 10.8. The van der Waals surface area contributed by atoms with Gasteiger partial charge in [-0.15, -0.1) is 0 Å². The zero-order valence-corrected chi connectivity index (χ0v) is 15.3. The first-order valence-electron chi connectivity index (χ1n) is 7.49. The minimum Gasteiger partial charge on any atom is -0.377 e. The van der Waals surface area contributed by atoms with Gasteiger partial charge in [0.2, 0.25) is 0 Å². The monoisotopic (exact) mass is 350 g/mol. The lowest BCUT2D eigenvalue weighted by atomic mass is 9.86. The molecule has 1 fully saturated rings. The maximum absolute atomic E-state index is 9.56. The summed E-state index contributed by atoms with van der Waals surface area (Å²) in [5.74, 6) is 0.825. The van der Waals surface area contributed by atoms with E-state index in [9.17, 15) is 5.26 Å². The van der Waals surface area contributed by atoms with Crippen LogP contribution in [-0.4, -0.2) is 34.7 Å². The second kappa shape index (κ2) is 5.59. The maximum Gasteiger partial charge on any atom is 0.169 e. The number of nitrogens with zero attached hydrogens (tertiary/aromatic N) is 4. The molecule has 122 valence electrons. The third-order valence-electron chi connectivity index (χ3n) is 4.25. The third-order valence-corrected chi connectivity index (χ3v) is 5.48. The zero-order chi connectivity index (χ0) is 16.8. The molecule has 1 saturated heterocycles. The van der Waals surface area contributed by atoms with E-state index >= 15 is 0 Å². The molecule has 0 aliphatic carbocycles. The fourth-order valence-electron chi connectivity index (χ4n) is 2.83. The van der Waals surface area contributed by atoms with Crippen molar-refractivity contribution in [2.45, 2.75) is 38.6 Å². The van der Waals surface area contributed by atoms with Crippen molar-refractivity contribution in [3.05, 3.63) is 16.8 Å². The van der Waals surface area contributed by atoms with E-state index in [0.717, 1.165) is 22.6 Å². The van der Waals surface area contributed by atoms with Crippen LogP contribution in [0.2, 0.25) is 5.15 Å². The molecule has 0 aromatic carbocycles. The second-order valence-corrected chi connectivity index (χ2v) is 8.06. The fraction of sp³-hybridized carbons (Fsp3) is 0.562. The van der Waals surface area contributed by atoms with Gasteiger partial charge in [0.1, 0.15) is 11.3 Å². The molecule has 0 saturated carbocycles. The van der Waals surface area contributed by atoms with E-state index in [0.29, 0.717) is 23.9 Å². The van der Waals surface area contributed by atoms with Crippen molar-refractivity contribution in [3.63, 3.8) is 0 Å². The summed E-state index contributed by atoms with van der Waals surface area (Å²) in [7, 11) is 0. The highest BCUT2D eigenvalue weighted by Crippen LogP contribution is 2.38. The van der Waals surface area contributed by atoms with E-state index < -0.39 is 5.41 Å². The number of hydrogen-bond donors (Lipinski definition) is 0. The molecule has 0 radical (unpaired) electrons. The van der Waals surface area contributed by atoms with Crippen LogP contribution < -0.4 is 4.90 Å². The van der Waals surface area contributed by atoms with Gasteiger partial charge >= 0.3 is 0 Å². The number of hydrogen-bond acceptors (Lipinski definition) is 6. The number of rotatable bonds is 2. The Kier molecular flexibility index (Phi) is 3.99. The number of anilines is 1. The molecule has 0 unspecified atom stereocenters. The Morgan fingerprint density at radius 3 is 2.87 bits per heavy atom. The van der Waals surface area contributed by atoms with Gasteiger partial charge in [0.05, 0.1) is 34.9 Å². The average molecular weight is 351 g/mol. The predicted octanol–water partition coefficient (Wildman–Crippen LogP) is 3.76. The molecule has 7 heteroatoms. The van der Waals surface area contributed by atoms with Crippen molar-refractivity contribution in [2.75, 3.05) is 24.7 Å². The number of pyridine rings is 1. The lowest BCUT2D eigenvalue weighted by molar-refractivity contribution is 0.0639. The molecular formula is C16H19ClN4OS. The number of halogens is 1. The van der Waals surface area contributed by atoms with Crippen molar-refractivity contribution in [1.82, 2.24) is 9.36 Å². The van der Waals surface area contributed by atoms with Crippen LogP contribution in [0.15, 0.2) is 6.07 Å². The summed E-state index contributed by atoms with van der Waals surface area (Å²) in [5.41, 5.74) is 0.798. The highest BCUT2D eigenvalue weighted by molar-refractivity contribution is 7.14. The maximum atomic E-state index is 9.56. The standard InChI is InChI=1S/C16H19ClN4OS/c1-15(2,8-18)10-7-11(19-12-13(10)23-20-14(12)17)21-5-6-22-9-16(21,3)4/h7H,5-6,9H2,1-4H3. The number of morpholine rings is 1. The quantitative estimate of drug-likeness (QED) is 0.825. The lowest BCUT2D eigenvalue weighted by Gasteiger charge is -2.43. The Morgan fingerprint density at radius 2 is 2.22 bits per heavy atom. The Bertz CT molecular complexity index is 793. The molecule has 3 heterocycles. The highest BCUT2D eigenvalue weighted by atomic mass is 35.5. The minimum absolute atomic E-state index is 0.164. The topological polar surface area (TPSA) is 62.0 Å². The van der Waals surface area contributed by atoms with Crippen molar-refractivity contribution in [2.24, 2.45) is 0 Å². The summed E-state index contributed by atoms with van der Waals surface area (Å²) in [6.07, 6.45) is 0. The lowest BCUT2D eigenvalue weighted by Crippen LogP contribution is -2.53. The normalized spacial score (nSPS) is 18.2. The van der Waals surface area contributed by atoms with Gasteiger partial charge in [-0.05, 0) is 50.9 Å². The summed E-state index contributed by atoms with van der Waals surface area (Å²) in [4.78, 5) is 6.96. The van der Waals surface area contributed by atoms with Gasteiger partial charge in [-0.3, -0.25) is 0 Å². The molecule has 23 heavy (non-hydrogen) atoms. The van der Waals surface area contributed by atoms with Gasteiger partial charge in [0, 0.05) is 6.54 Å². The SMILES string of the molecule is CC(C)(C#N)c1cc(N2CCOCC2(C)C)nc2c(Cl)nsc12. The van der Waals surface area contributed by atoms with Crippen LogP contribution in [0.5, 0.6) is 0 Å². The minimum atomic E-state index is -0.637. The summed E-state index contributed by atoms with van der Waals surface area (Å²) in [6.45, 7) is 10.1. The summed E-state index contributed by atoms with van der Waals surface area (Å²) >= 11 is 7.53. The van der Waals surface area contributed by atoms with E-state index in [-0.39, 0.29) is 5.54 Å². The van der Waals surface area contributed by atoms with E-state index in [1.807, 2.05) is 19.9 Å². The van der Waals surface area contributed by atoms with Gasteiger partial charge in [0.15, 0.2) is 5.15 Å². The number of nitriles is 1. The van der Waals surface area contributed by atoms with E-state index in [1.54, 1.807) is 0 Å². The van der Waals surface area contributed by atoms with Gasteiger partial charge < -0.3 is 9.64 Å². The number of aromatic nitrogens is 2. The van der Waals surface area contributed by atoms with Gasteiger partial charge in [-0.25, -0.2) is 4.98 Å². The molecule has 0 atom stereocenters. The molecule has 2 aromatic heterocycles. The van der Waals surface area contributed by atoms with Crippen LogP contribution in [0.4, 0.5) is 5.82 Å². The van der Waals surface area contributed by atoms with Crippen LogP contribution in [0, 0.1) is 11.3 Å². The number of fused-ring (bicyclic) bond motifs is 1. The first-order valence-corrected chi connectivity index (χ1v) is 8.64. The van der Waals surface area contributed by atoms with Crippen molar-refractivity contribution < 1.29 is 4.74 Å². The van der Waals surface area contributed by atoms with E-state index in [1.165, 1.54) is 11.5 Å². The van der Waals surface area contributed by atoms with Gasteiger partial charge in [0.25, 0.3) is 0 Å². The molecule has 3 rings (SSSR count). The van der Waals surface area contributed by atoms with Gasteiger partial charge in [-0.2, -0.15) is 9.64 Å². The Balaban J connectivity index is 2.23. The summed E-state index contributed by atoms with van der Waals surface area (Å²) < 4.78 is 10.7. The smallest absolute Gasteiger partial charge is 0.169 e. The molecule has 1 aliphatic rings. The highest BCUT2D eigenvalue weighted by Gasteiger charge is 2.34. The number of ether oxygens (including phenoxy) is 1. The van der Waals surface area contributed by atoms with Crippen molar-refractivity contribution in [1.29, 1.82) is 5.26 Å². The van der Waals surface area contributed by atoms with Crippen LogP contribution in [0.25, 0.3) is 10.2 Å². The third kappa shape index (κ3) is 2.78. The van der Waals surface area contributed by atoms with Crippen LogP contribution in [-0.2, 0) is 10.2 Å². The van der Waals surface area contributed by atoms with Crippen molar-refractivity contribution in [3.8, 4) is 6.07 Å². The Hall–Kier alpha value is -1.42. The summed E-state index contributed by atoms with van der Waals surface area (Å²) in [5, 5.41) is 9.96. The van der Waals surface area contributed by atoms with Crippen LogP contribution in [0.3, 0.4) is 0 Å². The molecule has 5 nitrogen and oxygen atoms in total. The average Bonchev–Trinajstić information content (AvgIpc) is 2.87. The molecule has 2 aromatic rings. The molecule has 0 bridgehead atoms. The van der Waals surface area contributed by atoms with Crippen molar-refractivity contribution >= 4 is 39.2 Å². The Morgan fingerprint density at radius 1 is 1.48 bits per heavy atom. The second-order valence-electron chi connectivity index (χ2n) is 6.93. The van der Waals surface area contributed by atoms with Gasteiger partial charge in [-0.1, -0.05) is 11.6 Å². The molecular weight excluding hydrogens is 332 g/mol. The molecule has 1 aliphatic heterocycles. The predicted molar refractivity (Wildman–Crippen MR) is 93.3 cm³/mol. The van der Waals surface area contributed by atoms with Crippen LogP contribution in [0.1, 0.15) is 33.3 Å². The summed E-state index contributed by atoms with van der Waals surface area (Å²) in [6, 6.07) is 4.38. The Labute approximate surface area is 145 Å². The fourth-order valence-corrected chi connectivity index (χ4v) is 4.02. The van der Waals surface area contributed by atoms with E-state index in [2.05, 4.69) is 29.2 Å². The largest absolute Gasteiger partial charge is 0.377 e. The zero-order valence-electron chi connectivity index (χ0n) is 13.7. The molecule has 0 spiro atoms. The van der Waals surface area contributed by atoms with Crippen LogP contribution >= 0.6 is 23.1 Å².